The van der Waals surface area contributed by atoms with Crippen molar-refractivity contribution in [1.29, 1.82) is 0 Å². The summed E-state index contributed by atoms with van der Waals surface area (Å²) >= 11 is 3.82. The molecule has 0 spiro atoms. The van der Waals surface area contributed by atoms with Crippen molar-refractivity contribution >= 4 is 27.5 Å². The molecule has 0 saturated carbocycles. The summed E-state index contributed by atoms with van der Waals surface area (Å²) in [4.78, 5) is 10.7. The Hall–Kier alpha value is -2.94. The highest BCUT2D eigenvalue weighted by Gasteiger charge is 2.44. The van der Waals surface area contributed by atoms with Gasteiger partial charge in [0.05, 0.1) is 28.3 Å². The van der Waals surface area contributed by atoms with E-state index in [9.17, 15) is 10.1 Å². The van der Waals surface area contributed by atoms with E-state index < -0.39 is 4.92 Å². The van der Waals surface area contributed by atoms with Crippen LogP contribution in [-0.4, -0.2) is 16.1 Å². The minimum absolute atomic E-state index is 0.0322. The van der Waals surface area contributed by atoms with Gasteiger partial charge >= 0.3 is 5.88 Å². The molecule has 3 heterocycles. The number of hydrazine groups is 1. The van der Waals surface area contributed by atoms with Crippen LogP contribution in [-0.2, 0) is 0 Å². The molecule has 1 aromatic heterocycles. The third-order valence-corrected chi connectivity index (χ3v) is 6.96. The van der Waals surface area contributed by atoms with Crippen LogP contribution in [0.5, 0.6) is 0 Å². The van der Waals surface area contributed by atoms with Gasteiger partial charge in [0.1, 0.15) is 16.8 Å². The van der Waals surface area contributed by atoms with Crippen molar-refractivity contribution < 1.29 is 9.34 Å². The van der Waals surface area contributed by atoms with E-state index in [0.717, 1.165) is 15.7 Å². The molecule has 3 aromatic rings. The second-order valence-electron chi connectivity index (χ2n) is 8.27. The Morgan fingerprint density at radius 2 is 1.91 bits per heavy atom. The maximum Gasteiger partial charge on any atom is 0.433 e. The largest absolute Gasteiger partial charge is 0.433 e. The lowest BCUT2D eigenvalue weighted by atomic mass is 9.91. The number of nitrogens with one attached hydrogen (secondary N) is 2. The molecular formula is C24H23BrN4O3. The van der Waals surface area contributed by atoms with Gasteiger partial charge in [0.25, 0.3) is 0 Å². The normalized spacial score (nSPS) is 23.2. The van der Waals surface area contributed by atoms with Crippen LogP contribution in [0.25, 0.3) is 5.70 Å². The van der Waals surface area contributed by atoms with E-state index >= 15 is 0 Å². The number of aryl methyl sites for hydroxylation is 2. The lowest BCUT2D eigenvalue weighted by Gasteiger charge is -2.42. The summed E-state index contributed by atoms with van der Waals surface area (Å²) in [6.45, 7) is 4.22. The maximum absolute atomic E-state index is 11.2. The Balaban J connectivity index is 1.56. The van der Waals surface area contributed by atoms with Crippen molar-refractivity contribution in [2.45, 2.75) is 38.5 Å². The van der Waals surface area contributed by atoms with Gasteiger partial charge in [0.2, 0.25) is 0 Å². The number of nitro groups is 1. The number of nitrogens with zero attached hydrogens (tertiary/aromatic N) is 2. The van der Waals surface area contributed by atoms with E-state index in [1.165, 1.54) is 22.8 Å². The number of furan rings is 1. The zero-order valence-electron chi connectivity index (χ0n) is 17.7. The molecule has 0 amide bonds. The summed E-state index contributed by atoms with van der Waals surface area (Å²) in [6.07, 6.45) is 0.541. The van der Waals surface area contributed by atoms with Gasteiger partial charge in [-0.05, 0) is 43.0 Å². The van der Waals surface area contributed by atoms with Gasteiger partial charge in [0, 0.05) is 0 Å². The van der Waals surface area contributed by atoms with Gasteiger partial charge in [0.15, 0.2) is 0 Å². The monoisotopic (exact) mass is 494 g/mol. The Morgan fingerprint density at radius 3 is 2.59 bits per heavy atom. The van der Waals surface area contributed by atoms with Crippen LogP contribution in [0.15, 0.2) is 69.6 Å². The van der Waals surface area contributed by atoms with Gasteiger partial charge in [-0.3, -0.25) is 15.4 Å². The highest BCUT2D eigenvalue weighted by molar-refractivity contribution is 9.11. The summed E-state index contributed by atoms with van der Waals surface area (Å²) in [5, 5.41) is 17.0. The number of fused-ring (bicyclic) bond motifs is 1. The number of hydrogen-bond acceptors (Lipinski definition) is 6. The molecule has 1 fully saturated rings. The molecule has 1 saturated heterocycles. The summed E-state index contributed by atoms with van der Waals surface area (Å²) in [5.41, 5.74) is 9.34. The van der Waals surface area contributed by atoms with E-state index in [2.05, 4.69) is 75.9 Å². The first-order valence-electron chi connectivity index (χ1n) is 10.5. The smallest absolute Gasteiger partial charge is 0.404 e. The van der Waals surface area contributed by atoms with E-state index in [-0.39, 0.29) is 24.1 Å². The standard InChI is InChI=1S/C24H23BrN4O3/c1-14-8-9-17(15(2)12-14)19-13-18(20-10-11-21(32-20)29(30)31)26-24-22(25)23(27-28(19)24)16-6-4-3-5-7-16/h3-12,18-19,24,26-27H,13H2,1-2H3. The molecule has 2 aliphatic rings. The van der Waals surface area contributed by atoms with Crippen LogP contribution in [0.2, 0.25) is 0 Å². The average molecular weight is 495 g/mol. The Bertz CT molecular complexity index is 1210. The Morgan fingerprint density at radius 1 is 1.12 bits per heavy atom. The first-order valence-corrected chi connectivity index (χ1v) is 11.3. The fraction of sp³-hybridized carbons (Fsp3) is 0.250. The van der Waals surface area contributed by atoms with Crippen molar-refractivity contribution in [3.63, 3.8) is 0 Å². The highest BCUT2D eigenvalue weighted by Crippen LogP contribution is 2.45. The first kappa shape index (κ1) is 20.9. The molecule has 2 N–H and O–H groups in total. The Kier molecular flexibility index (Phi) is 5.36. The van der Waals surface area contributed by atoms with Gasteiger partial charge < -0.3 is 9.84 Å². The molecule has 0 bridgehead atoms. The SMILES string of the molecule is Cc1ccc(C2CC(c3ccc([N+](=O)[O-])o3)NC3C(Br)=C(c4ccccc4)NN32)c(C)c1. The van der Waals surface area contributed by atoms with Crippen LogP contribution in [0.3, 0.4) is 0 Å². The maximum atomic E-state index is 11.2. The molecular weight excluding hydrogens is 472 g/mol. The fourth-order valence-corrected chi connectivity index (χ4v) is 5.29. The number of rotatable bonds is 4. The highest BCUT2D eigenvalue weighted by atomic mass is 79.9. The predicted molar refractivity (Wildman–Crippen MR) is 126 cm³/mol. The molecule has 7 nitrogen and oxygen atoms in total. The molecule has 32 heavy (non-hydrogen) atoms. The third kappa shape index (κ3) is 3.64. The second kappa shape index (κ2) is 8.20. The zero-order chi connectivity index (χ0) is 22.4. The molecule has 0 aliphatic carbocycles. The average Bonchev–Trinajstić information content (AvgIpc) is 3.40. The van der Waals surface area contributed by atoms with Crippen LogP contribution >= 0.6 is 15.9 Å². The lowest BCUT2D eigenvalue weighted by molar-refractivity contribution is -0.402. The second-order valence-corrected chi connectivity index (χ2v) is 9.13. The molecule has 3 atom stereocenters. The van der Waals surface area contributed by atoms with Crippen LogP contribution in [0, 0.1) is 24.0 Å². The van der Waals surface area contributed by atoms with Crippen molar-refractivity contribution in [2.75, 3.05) is 0 Å². The molecule has 164 valence electrons. The van der Waals surface area contributed by atoms with E-state index in [4.69, 9.17) is 4.42 Å². The van der Waals surface area contributed by atoms with Crippen LogP contribution in [0.4, 0.5) is 5.88 Å². The van der Waals surface area contributed by atoms with Crippen LogP contribution < -0.4 is 10.7 Å². The molecule has 8 heteroatoms. The Labute approximate surface area is 194 Å². The van der Waals surface area contributed by atoms with Crippen molar-refractivity contribution in [3.05, 3.63) is 103 Å². The summed E-state index contributed by atoms with van der Waals surface area (Å²) < 4.78 is 6.57. The predicted octanol–water partition coefficient (Wildman–Crippen LogP) is 5.49. The molecule has 2 aliphatic heterocycles. The molecule has 3 unspecified atom stereocenters. The minimum Gasteiger partial charge on any atom is -0.404 e. The number of hydrogen-bond donors (Lipinski definition) is 2. The summed E-state index contributed by atoms with van der Waals surface area (Å²) in [5.74, 6) is 0.330. The first-order chi connectivity index (χ1) is 15.4. The van der Waals surface area contributed by atoms with Gasteiger partial charge in [-0.1, -0.05) is 70.0 Å². The topological polar surface area (TPSA) is 83.6 Å². The van der Waals surface area contributed by atoms with Crippen molar-refractivity contribution in [1.82, 2.24) is 15.8 Å². The fourth-order valence-electron chi connectivity index (χ4n) is 4.62. The third-order valence-electron chi connectivity index (χ3n) is 6.13. The van der Waals surface area contributed by atoms with Crippen molar-refractivity contribution in [3.8, 4) is 0 Å². The van der Waals surface area contributed by atoms with E-state index in [0.29, 0.717) is 12.2 Å². The van der Waals surface area contributed by atoms with Gasteiger partial charge in [-0.25, -0.2) is 0 Å². The van der Waals surface area contributed by atoms with Gasteiger partial charge in [-0.2, -0.15) is 5.01 Å². The minimum atomic E-state index is -0.499. The van der Waals surface area contributed by atoms with Gasteiger partial charge in [-0.15, -0.1) is 0 Å². The summed E-state index contributed by atoms with van der Waals surface area (Å²) in [6, 6.07) is 19.6. The zero-order valence-corrected chi connectivity index (χ0v) is 19.3. The lowest BCUT2D eigenvalue weighted by Crippen LogP contribution is -2.55. The molecule has 2 aromatic carbocycles. The van der Waals surface area contributed by atoms with E-state index in [1.807, 2.05) is 18.2 Å². The van der Waals surface area contributed by atoms with Crippen molar-refractivity contribution in [2.24, 2.45) is 0 Å². The quantitative estimate of drug-likeness (QED) is 0.368. The van der Waals surface area contributed by atoms with E-state index in [1.54, 1.807) is 6.07 Å². The van der Waals surface area contributed by atoms with Crippen LogP contribution in [0.1, 0.15) is 46.5 Å². The molecule has 0 radical (unpaired) electrons. The summed E-state index contributed by atoms with van der Waals surface area (Å²) in [7, 11) is 0. The number of benzene rings is 2. The molecule has 5 rings (SSSR count). The number of halogens is 1.